The molecule has 2 rings (SSSR count). The molecule has 16 heavy (non-hydrogen) atoms. The van der Waals surface area contributed by atoms with Crippen molar-refractivity contribution in [2.75, 3.05) is 0 Å². The molecule has 0 spiro atoms. The number of hydrogen-bond acceptors (Lipinski definition) is 3. The molecule has 0 aromatic carbocycles. The fourth-order valence-corrected chi connectivity index (χ4v) is 1.77. The number of aromatic nitrogens is 1. The topological polar surface area (TPSA) is 47.0 Å². The molecule has 3 nitrogen and oxygen atoms in total. The van der Waals surface area contributed by atoms with Crippen LogP contribution in [0.4, 0.5) is 0 Å². The molecule has 0 N–H and O–H groups in total. The van der Waals surface area contributed by atoms with E-state index in [2.05, 4.69) is 4.98 Å². The van der Waals surface area contributed by atoms with Crippen molar-refractivity contribution in [3.8, 4) is 0 Å². The van der Waals surface area contributed by atoms with Gasteiger partial charge in [-0.2, -0.15) is 0 Å². The molecule has 1 heterocycles. The van der Waals surface area contributed by atoms with Gasteiger partial charge in [-0.05, 0) is 39.3 Å². The zero-order chi connectivity index (χ0) is 12.0. The first-order valence-corrected chi connectivity index (χ1v) is 5.18. The van der Waals surface area contributed by atoms with Crippen LogP contribution in [0, 0.1) is 13.8 Å². The number of aryl methyl sites for hydroxylation is 2. The minimum Gasteiger partial charge on any atom is -0.289 e. The Morgan fingerprint density at radius 2 is 1.50 bits per heavy atom. The van der Waals surface area contributed by atoms with Gasteiger partial charge in [0.15, 0.2) is 5.78 Å². The second-order valence-corrected chi connectivity index (χ2v) is 4.20. The van der Waals surface area contributed by atoms with E-state index in [1.807, 2.05) is 13.8 Å². The number of hydrogen-bond donors (Lipinski definition) is 0. The Hall–Kier alpha value is -1.77. The summed E-state index contributed by atoms with van der Waals surface area (Å²) in [5.74, 6) is -0.210. The highest BCUT2D eigenvalue weighted by molar-refractivity contribution is 6.25. The third kappa shape index (κ3) is 1.32. The highest BCUT2D eigenvalue weighted by atomic mass is 16.1. The summed E-state index contributed by atoms with van der Waals surface area (Å²) in [6.45, 7) is 7.10. The van der Waals surface area contributed by atoms with Crippen molar-refractivity contribution in [2.45, 2.75) is 27.7 Å². The lowest BCUT2D eigenvalue weighted by Gasteiger charge is -2.17. The molecule has 82 valence electrons. The molecular formula is C13H13NO2. The second-order valence-electron chi connectivity index (χ2n) is 4.20. The summed E-state index contributed by atoms with van der Waals surface area (Å²) in [4.78, 5) is 28.2. The molecular weight excluding hydrogens is 202 g/mol. The number of carbonyl (C=O) groups excluding carboxylic acids is 2. The summed E-state index contributed by atoms with van der Waals surface area (Å²) in [5.41, 5.74) is 3.52. The Balaban J connectivity index is 2.76. The van der Waals surface area contributed by atoms with E-state index in [0.29, 0.717) is 22.4 Å². The fraction of sp³-hybridized carbons (Fsp3) is 0.308. The molecule has 3 heteroatoms. The largest absolute Gasteiger partial charge is 0.289 e. The standard InChI is InChI=1S/C13H13NO2/c1-6-5-10-11(14-9(6)4)13(16)8(3)7(2)12(10)15/h5H,1-4H3. The Morgan fingerprint density at radius 1 is 0.938 bits per heavy atom. The Bertz CT molecular complexity index is 504. The van der Waals surface area contributed by atoms with E-state index < -0.39 is 0 Å². The summed E-state index contributed by atoms with van der Waals surface area (Å²) in [7, 11) is 0. The van der Waals surface area contributed by atoms with Crippen molar-refractivity contribution in [3.63, 3.8) is 0 Å². The molecule has 0 saturated carbocycles. The first kappa shape index (κ1) is 10.7. The first-order valence-electron chi connectivity index (χ1n) is 5.18. The van der Waals surface area contributed by atoms with E-state index in [0.717, 1.165) is 11.3 Å². The lowest BCUT2D eigenvalue weighted by Crippen LogP contribution is -2.22. The van der Waals surface area contributed by atoms with Crippen LogP contribution >= 0.6 is 0 Å². The molecule has 0 unspecified atom stereocenters. The van der Waals surface area contributed by atoms with E-state index in [1.165, 1.54) is 0 Å². The number of carbonyl (C=O) groups is 2. The van der Waals surface area contributed by atoms with Gasteiger partial charge in [0, 0.05) is 16.8 Å². The van der Waals surface area contributed by atoms with Gasteiger partial charge in [0.2, 0.25) is 5.78 Å². The van der Waals surface area contributed by atoms with Crippen molar-refractivity contribution >= 4 is 11.6 Å². The zero-order valence-electron chi connectivity index (χ0n) is 9.84. The van der Waals surface area contributed by atoms with Gasteiger partial charge in [-0.25, -0.2) is 4.98 Å². The Morgan fingerprint density at radius 3 is 2.12 bits per heavy atom. The van der Waals surface area contributed by atoms with Crippen molar-refractivity contribution in [1.29, 1.82) is 0 Å². The SMILES string of the molecule is CC1=C(C)C(=O)c2nc(C)c(C)cc2C1=O. The molecule has 1 aromatic heterocycles. The van der Waals surface area contributed by atoms with Gasteiger partial charge in [-0.1, -0.05) is 0 Å². The van der Waals surface area contributed by atoms with Gasteiger partial charge in [-0.15, -0.1) is 0 Å². The Labute approximate surface area is 94.2 Å². The monoisotopic (exact) mass is 215 g/mol. The van der Waals surface area contributed by atoms with Crippen LogP contribution in [0.3, 0.4) is 0 Å². The van der Waals surface area contributed by atoms with Crippen molar-refractivity contribution < 1.29 is 9.59 Å². The summed E-state index contributed by atoms with van der Waals surface area (Å²) in [6.07, 6.45) is 0. The number of Topliss-reactive ketones (excluding diaryl/α,β-unsaturated/α-hetero) is 2. The van der Waals surface area contributed by atoms with Crippen LogP contribution in [-0.4, -0.2) is 16.6 Å². The van der Waals surface area contributed by atoms with E-state index in [9.17, 15) is 9.59 Å². The van der Waals surface area contributed by atoms with Gasteiger partial charge in [-0.3, -0.25) is 9.59 Å². The second kappa shape index (κ2) is 3.37. The number of allylic oxidation sites excluding steroid dienone is 2. The molecule has 0 amide bonds. The average Bonchev–Trinajstić information content (AvgIpc) is 2.26. The third-order valence-corrected chi connectivity index (χ3v) is 3.17. The summed E-state index contributed by atoms with van der Waals surface area (Å²) >= 11 is 0. The van der Waals surface area contributed by atoms with E-state index in [-0.39, 0.29) is 11.6 Å². The minimum atomic E-state index is -0.129. The van der Waals surface area contributed by atoms with Gasteiger partial charge >= 0.3 is 0 Å². The van der Waals surface area contributed by atoms with E-state index in [4.69, 9.17) is 0 Å². The molecule has 0 bridgehead atoms. The highest BCUT2D eigenvalue weighted by Crippen LogP contribution is 2.25. The Kier molecular flexibility index (Phi) is 2.26. The van der Waals surface area contributed by atoms with Gasteiger partial charge in [0.1, 0.15) is 5.69 Å². The summed E-state index contributed by atoms with van der Waals surface area (Å²) in [6, 6.07) is 1.76. The summed E-state index contributed by atoms with van der Waals surface area (Å²) in [5, 5.41) is 0. The minimum absolute atomic E-state index is 0.0808. The van der Waals surface area contributed by atoms with Crippen LogP contribution in [-0.2, 0) is 0 Å². The quantitative estimate of drug-likeness (QED) is 0.667. The maximum Gasteiger partial charge on any atom is 0.208 e. The molecule has 0 fully saturated rings. The van der Waals surface area contributed by atoms with Crippen molar-refractivity contribution in [1.82, 2.24) is 4.98 Å². The van der Waals surface area contributed by atoms with Crippen LogP contribution in [0.1, 0.15) is 46.0 Å². The van der Waals surface area contributed by atoms with Crippen LogP contribution in [0.5, 0.6) is 0 Å². The predicted octanol–water partition coefficient (Wildman–Crippen LogP) is 2.41. The molecule has 1 aliphatic rings. The number of ketones is 2. The first-order chi connectivity index (χ1) is 7.43. The summed E-state index contributed by atoms with van der Waals surface area (Å²) < 4.78 is 0. The zero-order valence-corrected chi connectivity index (χ0v) is 9.84. The third-order valence-electron chi connectivity index (χ3n) is 3.17. The molecule has 0 saturated heterocycles. The number of rotatable bonds is 0. The van der Waals surface area contributed by atoms with Gasteiger partial charge in [0.25, 0.3) is 0 Å². The maximum absolute atomic E-state index is 12.0. The lowest BCUT2D eigenvalue weighted by atomic mass is 9.87. The van der Waals surface area contributed by atoms with E-state index >= 15 is 0 Å². The molecule has 0 atom stereocenters. The van der Waals surface area contributed by atoms with Crippen LogP contribution in [0.25, 0.3) is 0 Å². The number of pyridine rings is 1. The lowest BCUT2D eigenvalue weighted by molar-refractivity contribution is 0.0971. The van der Waals surface area contributed by atoms with Crippen LogP contribution < -0.4 is 0 Å². The van der Waals surface area contributed by atoms with Crippen molar-refractivity contribution in [3.05, 3.63) is 39.7 Å². The number of nitrogens with zero attached hydrogens (tertiary/aromatic N) is 1. The molecule has 1 aliphatic carbocycles. The smallest absolute Gasteiger partial charge is 0.208 e. The van der Waals surface area contributed by atoms with Crippen LogP contribution in [0.15, 0.2) is 17.2 Å². The highest BCUT2D eigenvalue weighted by Gasteiger charge is 2.29. The van der Waals surface area contributed by atoms with Crippen LogP contribution in [0.2, 0.25) is 0 Å². The van der Waals surface area contributed by atoms with Crippen molar-refractivity contribution in [2.24, 2.45) is 0 Å². The van der Waals surface area contributed by atoms with E-state index in [1.54, 1.807) is 19.9 Å². The predicted molar refractivity (Wildman–Crippen MR) is 60.7 cm³/mol. The molecule has 1 aromatic rings. The maximum atomic E-state index is 12.0. The molecule has 0 aliphatic heterocycles. The fourth-order valence-electron chi connectivity index (χ4n) is 1.77. The normalized spacial score (nSPS) is 15.5. The number of fused-ring (bicyclic) bond motifs is 1. The van der Waals surface area contributed by atoms with Gasteiger partial charge < -0.3 is 0 Å². The van der Waals surface area contributed by atoms with Gasteiger partial charge in [0.05, 0.1) is 5.56 Å². The average molecular weight is 215 g/mol. The molecule has 0 radical (unpaired) electrons.